The molecule has 1 unspecified atom stereocenters. The molecule has 0 saturated carbocycles. The molecule has 3 fully saturated rings. The van der Waals surface area contributed by atoms with Gasteiger partial charge in [0.1, 0.15) is 10.9 Å². The highest BCUT2D eigenvalue weighted by atomic mass is 32.1. The fourth-order valence-corrected chi connectivity index (χ4v) is 10.5. The number of piperazine rings is 1. The van der Waals surface area contributed by atoms with Gasteiger partial charge in [-0.15, -0.1) is 11.3 Å². The Labute approximate surface area is 338 Å². The van der Waals surface area contributed by atoms with Crippen LogP contribution >= 0.6 is 11.3 Å². The predicted octanol–water partition coefficient (Wildman–Crippen LogP) is 4.73. The van der Waals surface area contributed by atoms with Crippen LogP contribution < -0.4 is 31.4 Å². The lowest BCUT2D eigenvalue weighted by Gasteiger charge is -2.40. The maximum Gasteiger partial charge on any atom is 0.329 e. The second kappa shape index (κ2) is 14.5. The number of imide groups is 1. The van der Waals surface area contributed by atoms with Crippen LogP contribution in [0.3, 0.4) is 0 Å². The summed E-state index contributed by atoms with van der Waals surface area (Å²) in [5, 5.41) is 11.1. The van der Waals surface area contributed by atoms with E-state index in [0.29, 0.717) is 18.9 Å². The number of anilines is 3. The van der Waals surface area contributed by atoms with E-state index in [0.717, 1.165) is 124 Å². The number of pyridine rings is 2. The Bertz CT molecular complexity index is 2690. The van der Waals surface area contributed by atoms with Crippen LogP contribution in [0.5, 0.6) is 0 Å². The lowest BCUT2D eigenvalue weighted by Crippen LogP contribution is -2.49. The number of hydrogen-bond acceptors (Lipinski definition) is 11. The Morgan fingerprint density at radius 2 is 1.72 bits per heavy atom. The van der Waals surface area contributed by atoms with Gasteiger partial charge in [0, 0.05) is 99.1 Å². The van der Waals surface area contributed by atoms with Gasteiger partial charge in [0.05, 0.1) is 45.5 Å². The first-order valence-corrected chi connectivity index (χ1v) is 21.1. The van der Waals surface area contributed by atoms with Crippen LogP contribution in [-0.2, 0) is 16.6 Å². The van der Waals surface area contributed by atoms with Gasteiger partial charge in [0.2, 0.25) is 11.8 Å². The van der Waals surface area contributed by atoms with E-state index in [1.165, 1.54) is 11.3 Å². The van der Waals surface area contributed by atoms with Gasteiger partial charge in [0.15, 0.2) is 0 Å². The van der Waals surface area contributed by atoms with Gasteiger partial charge in [-0.2, -0.15) is 0 Å². The Morgan fingerprint density at radius 3 is 2.53 bits per heavy atom. The molecule has 0 bridgehead atoms. The van der Waals surface area contributed by atoms with Crippen molar-refractivity contribution in [1.82, 2.24) is 34.6 Å². The number of nitrogens with zero attached hydrogens (tertiary/aromatic N) is 7. The van der Waals surface area contributed by atoms with E-state index in [9.17, 15) is 19.2 Å². The number of rotatable bonds is 6. The fourth-order valence-electron chi connectivity index (χ4n) is 9.44. The minimum Gasteiger partial charge on any atom is -0.381 e. The Hall–Kier alpha value is -5.80. The SMILES string of the molecule is C[C@@H]1CNc2c(sc3ccc4nc(-c5cncc(N6CCN(CC7CCN(c8cccc9c8n(C)c(=O)n9C8CCC(=O)NC8=O)CC7)CC6)c5)ccc4c23)C(=O)N1. The topological polar surface area (TPSA) is 150 Å². The van der Waals surface area contributed by atoms with Gasteiger partial charge in [-0.25, -0.2) is 9.78 Å². The molecular formula is C43H46N10O4S. The summed E-state index contributed by atoms with van der Waals surface area (Å²) in [5.74, 6) is -0.147. The molecule has 2 aromatic carbocycles. The summed E-state index contributed by atoms with van der Waals surface area (Å²) >= 11 is 1.52. The number of carbonyl (C=O) groups is 3. The van der Waals surface area contributed by atoms with E-state index in [1.54, 1.807) is 16.2 Å². The summed E-state index contributed by atoms with van der Waals surface area (Å²) in [6.07, 6.45) is 6.51. The lowest BCUT2D eigenvalue weighted by molar-refractivity contribution is -0.135. The molecular weight excluding hydrogens is 753 g/mol. The van der Waals surface area contributed by atoms with Crippen molar-refractivity contribution >= 4 is 78.1 Å². The third kappa shape index (κ3) is 6.36. The largest absolute Gasteiger partial charge is 0.381 e. The number of hydrogen-bond donors (Lipinski definition) is 3. The van der Waals surface area contributed by atoms with Gasteiger partial charge in [-0.3, -0.25) is 38.7 Å². The summed E-state index contributed by atoms with van der Waals surface area (Å²) in [6.45, 7) is 9.37. The van der Waals surface area contributed by atoms with E-state index in [4.69, 9.17) is 4.98 Å². The van der Waals surface area contributed by atoms with Crippen molar-refractivity contribution in [1.29, 1.82) is 0 Å². The fraction of sp³-hybridized carbons (Fsp3) is 0.395. The van der Waals surface area contributed by atoms with E-state index < -0.39 is 11.9 Å². The first kappa shape index (κ1) is 36.5. The summed E-state index contributed by atoms with van der Waals surface area (Å²) in [6, 6.07) is 15.8. The van der Waals surface area contributed by atoms with E-state index in [-0.39, 0.29) is 30.0 Å². The monoisotopic (exact) mass is 798 g/mol. The quantitative estimate of drug-likeness (QED) is 0.202. The number of imidazole rings is 1. The predicted molar refractivity (Wildman–Crippen MR) is 228 cm³/mol. The molecule has 10 rings (SSSR count). The number of benzene rings is 2. The van der Waals surface area contributed by atoms with Crippen molar-refractivity contribution in [3.05, 3.63) is 76.3 Å². The molecule has 6 aromatic rings. The summed E-state index contributed by atoms with van der Waals surface area (Å²) in [7, 11) is 1.77. The standard InChI is InChI=1S/C43H46N10O4S/c1-25-21-45-38-37-29-6-7-30(47-31(29)8-10-35(37)58-40(38)42(56)46-25)27-20-28(23-44-22-27)51-18-16-50(17-19-51)24-26-12-14-52(15-13-26)32-4-3-5-33-39(32)49(2)43(57)53(33)34-9-11-36(54)48-41(34)55/h3-8,10,20,22-23,25-26,34,45H,9,11-19,21,24H2,1-2H3,(H,46,56)(H,48,54,55)/t25-,34?/m1/s1. The van der Waals surface area contributed by atoms with Crippen LogP contribution in [0.1, 0.15) is 48.3 Å². The van der Waals surface area contributed by atoms with Gasteiger partial charge in [-0.05, 0) is 74.6 Å². The molecule has 3 amide bonds. The zero-order valence-electron chi connectivity index (χ0n) is 32.7. The number of fused-ring (bicyclic) bond motifs is 6. The Kier molecular flexibility index (Phi) is 9.16. The first-order chi connectivity index (χ1) is 28.2. The smallest absolute Gasteiger partial charge is 0.329 e. The van der Waals surface area contributed by atoms with Crippen LogP contribution in [-0.4, -0.2) is 100 Å². The van der Waals surface area contributed by atoms with Gasteiger partial charge < -0.3 is 20.4 Å². The number of thiophene rings is 1. The van der Waals surface area contributed by atoms with Gasteiger partial charge in [-0.1, -0.05) is 6.07 Å². The zero-order chi connectivity index (χ0) is 39.7. The van der Waals surface area contributed by atoms with Gasteiger partial charge in [0.25, 0.3) is 5.91 Å². The van der Waals surface area contributed by atoms with Crippen LogP contribution in [0.15, 0.2) is 65.7 Å². The molecule has 0 spiro atoms. The molecule has 3 saturated heterocycles. The van der Waals surface area contributed by atoms with Gasteiger partial charge >= 0.3 is 5.69 Å². The first-order valence-electron chi connectivity index (χ1n) is 20.3. The van der Waals surface area contributed by atoms with E-state index in [2.05, 4.69) is 66.0 Å². The third-order valence-electron chi connectivity index (χ3n) is 12.5. The van der Waals surface area contributed by atoms with Crippen LogP contribution in [0, 0.1) is 5.92 Å². The number of amides is 3. The average Bonchev–Trinajstić information content (AvgIpc) is 3.69. The van der Waals surface area contributed by atoms with Crippen molar-refractivity contribution < 1.29 is 14.4 Å². The second-order valence-corrected chi connectivity index (χ2v) is 17.3. The molecule has 14 nitrogen and oxygen atoms in total. The molecule has 4 aliphatic heterocycles. The number of piperidine rings is 2. The number of para-hydroxylation sites is 1. The average molecular weight is 799 g/mol. The maximum atomic E-state index is 13.5. The molecule has 15 heteroatoms. The van der Waals surface area contributed by atoms with Crippen molar-refractivity contribution in [2.24, 2.45) is 13.0 Å². The van der Waals surface area contributed by atoms with Crippen molar-refractivity contribution in [3.8, 4) is 11.3 Å². The van der Waals surface area contributed by atoms with Crippen molar-refractivity contribution in [2.75, 3.05) is 67.5 Å². The minimum atomic E-state index is -0.693. The Morgan fingerprint density at radius 1 is 0.897 bits per heavy atom. The van der Waals surface area contributed by atoms with Crippen molar-refractivity contribution in [3.63, 3.8) is 0 Å². The highest BCUT2D eigenvalue weighted by molar-refractivity contribution is 7.21. The van der Waals surface area contributed by atoms with E-state index >= 15 is 0 Å². The summed E-state index contributed by atoms with van der Waals surface area (Å²) in [5.41, 5.74) is 7.08. The number of carbonyl (C=O) groups excluding carboxylic acids is 3. The zero-order valence-corrected chi connectivity index (χ0v) is 33.5. The number of nitrogens with one attached hydrogen (secondary N) is 3. The molecule has 58 heavy (non-hydrogen) atoms. The minimum absolute atomic E-state index is 0.0281. The molecule has 8 heterocycles. The number of aryl methyl sites for hydroxylation is 1. The molecule has 0 radical (unpaired) electrons. The molecule has 4 aromatic heterocycles. The van der Waals surface area contributed by atoms with E-state index in [1.807, 2.05) is 37.5 Å². The molecule has 2 atom stereocenters. The summed E-state index contributed by atoms with van der Waals surface area (Å²) < 4.78 is 4.29. The van der Waals surface area contributed by atoms with Crippen molar-refractivity contribution in [2.45, 2.75) is 44.7 Å². The van der Waals surface area contributed by atoms with Crippen LogP contribution in [0.2, 0.25) is 0 Å². The highest BCUT2D eigenvalue weighted by Gasteiger charge is 2.33. The maximum absolute atomic E-state index is 13.5. The highest BCUT2D eigenvalue weighted by Crippen LogP contribution is 2.41. The normalized spacial score (nSPS) is 21.0. The molecule has 298 valence electrons. The lowest BCUT2D eigenvalue weighted by atomic mass is 9.95. The summed E-state index contributed by atoms with van der Waals surface area (Å²) in [4.78, 5) is 68.7. The molecule has 3 N–H and O–H groups in total. The Balaban J connectivity index is 0.779. The van der Waals surface area contributed by atoms with Crippen LogP contribution in [0.25, 0.3) is 43.3 Å². The second-order valence-electron chi connectivity index (χ2n) is 16.2. The molecule has 0 aliphatic carbocycles. The number of aromatic nitrogens is 4. The third-order valence-corrected chi connectivity index (χ3v) is 13.7. The van der Waals surface area contributed by atoms with Crippen LogP contribution in [0.4, 0.5) is 17.1 Å². The molecule has 4 aliphatic rings.